The van der Waals surface area contributed by atoms with Crippen molar-refractivity contribution in [3.63, 3.8) is 0 Å². The summed E-state index contributed by atoms with van der Waals surface area (Å²) in [6.07, 6.45) is -6.40. The highest BCUT2D eigenvalue weighted by Crippen LogP contribution is 2.66. The Hall–Kier alpha value is -1.48. The summed E-state index contributed by atoms with van der Waals surface area (Å²) in [5, 5.41) is 0. The number of hydrogen-bond donors (Lipinski definition) is 0. The first-order chi connectivity index (χ1) is 13.7. The largest absolute Gasteiger partial charge is 0.465 e. The molecule has 0 aromatic heterocycles. The second kappa shape index (κ2) is 7.58. The molecule has 4 saturated carbocycles. The van der Waals surface area contributed by atoms with Gasteiger partial charge in [-0.3, -0.25) is 9.59 Å². The number of alkyl halides is 6. The number of carbonyl (C=O) groups is 2. The first-order valence-electron chi connectivity index (χ1n) is 10.1. The van der Waals surface area contributed by atoms with Gasteiger partial charge in [0.25, 0.3) is 0 Å². The molecule has 0 amide bonds. The number of halogens is 6. The lowest BCUT2D eigenvalue weighted by atomic mass is 9.44. The number of carbonyl (C=O) groups excluding carboxylic acids is 2. The maximum absolute atomic E-state index is 12.8. The van der Waals surface area contributed by atoms with Crippen molar-refractivity contribution in [1.82, 2.24) is 0 Å². The lowest BCUT2D eigenvalue weighted by molar-refractivity contribution is -0.208. The van der Waals surface area contributed by atoms with E-state index >= 15 is 0 Å². The van der Waals surface area contributed by atoms with Crippen molar-refractivity contribution in [2.45, 2.75) is 64.7 Å². The fourth-order valence-electron chi connectivity index (χ4n) is 5.64. The number of esters is 2. The van der Waals surface area contributed by atoms with Crippen LogP contribution in [0.4, 0.5) is 26.3 Å². The Labute approximate surface area is 170 Å². The first-order valence-corrected chi connectivity index (χ1v) is 10.1. The molecule has 0 saturated heterocycles. The van der Waals surface area contributed by atoms with Crippen LogP contribution in [0.5, 0.6) is 0 Å². The molecule has 4 rings (SSSR count). The van der Waals surface area contributed by atoms with Gasteiger partial charge in [-0.1, -0.05) is 13.8 Å². The van der Waals surface area contributed by atoms with E-state index in [1.165, 1.54) is 0 Å². The standard InChI is InChI=1S/C20H26F6O4/c1-11(19(21,22)23)8-29-15(27)17-4-13-3-14(5-17)7-18(6-13,10-17)16(28)30-9-12(2)20(24,25)26/h11-14H,3-10H2,1-2H3. The predicted octanol–water partition coefficient (Wildman–Crippen LogP) is 5.06. The Balaban J connectivity index is 1.70. The third kappa shape index (κ3) is 4.42. The van der Waals surface area contributed by atoms with E-state index in [-0.39, 0.29) is 18.3 Å². The minimum Gasteiger partial charge on any atom is -0.465 e. The van der Waals surface area contributed by atoms with Crippen LogP contribution in [-0.4, -0.2) is 37.5 Å². The van der Waals surface area contributed by atoms with Crippen LogP contribution in [0.1, 0.15) is 52.4 Å². The fourth-order valence-corrected chi connectivity index (χ4v) is 5.64. The normalized spacial score (nSPS) is 35.1. The summed E-state index contributed by atoms with van der Waals surface area (Å²) in [7, 11) is 0. The van der Waals surface area contributed by atoms with Gasteiger partial charge in [-0.05, 0) is 50.4 Å². The quantitative estimate of drug-likeness (QED) is 0.425. The van der Waals surface area contributed by atoms with Crippen molar-refractivity contribution < 1.29 is 45.4 Å². The van der Waals surface area contributed by atoms with Crippen molar-refractivity contribution in [3.8, 4) is 0 Å². The molecular formula is C20H26F6O4. The summed E-state index contributed by atoms with van der Waals surface area (Å²) in [4.78, 5) is 25.6. The second-order valence-electron chi connectivity index (χ2n) is 9.60. The highest BCUT2D eigenvalue weighted by Gasteiger charge is 2.64. The lowest BCUT2D eigenvalue weighted by Gasteiger charge is -2.59. The summed E-state index contributed by atoms with van der Waals surface area (Å²) < 4.78 is 86.4. The minimum absolute atomic E-state index is 0.00595. The van der Waals surface area contributed by atoms with Crippen LogP contribution >= 0.6 is 0 Å². The summed E-state index contributed by atoms with van der Waals surface area (Å²) in [6.45, 7) is 0.265. The van der Waals surface area contributed by atoms with Crippen molar-refractivity contribution in [2.75, 3.05) is 13.2 Å². The van der Waals surface area contributed by atoms with Gasteiger partial charge in [0.2, 0.25) is 0 Å². The average molecular weight is 444 g/mol. The van der Waals surface area contributed by atoms with E-state index in [1.807, 2.05) is 0 Å². The molecule has 0 heterocycles. The molecule has 4 fully saturated rings. The lowest BCUT2D eigenvalue weighted by Crippen LogP contribution is -2.58. The molecule has 30 heavy (non-hydrogen) atoms. The van der Waals surface area contributed by atoms with Crippen molar-refractivity contribution >= 4 is 11.9 Å². The Morgan fingerprint density at radius 1 is 0.800 bits per heavy atom. The number of ether oxygens (including phenoxy) is 2. The van der Waals surface area contributed by atoms with Crippen LogP contribution in [0.3, 0.4) is 0 Å². The Morgan fingerprint density at radius 3 is 1.43 bits per heavy atom. The van der Waals surface area contributed by atoms with Crippen LogP contribution in [0.15, 0.2) is 0 Å². The molecule has 4 aliphatic carbocycles. The minimum atomic E-state index is -4.48. The van der Waals surface area contributed by atoms with Gasteiger partial charge in [0.15, 0.2) is 0 Å². The highest BCUT2D eigenvalue weighted by atomic mass is 19.4. The van der Waals surface area contributed by atoms with Gasteiger partial charge < -0.3 is 9.47 Å². The molecule has 0 spiro atoms. The van der Waals surface area contributed by atoms with Crippen LogP contribution in [0.2, 0.25) is 0 Å². The molecule has 4 aliphatic rings. The third-order valence-corrected chi connectivity index (χ3v) is 6.97. The zero-order valence-electron chi connectivity index (χ0n) is 16.9. The monoisotopic (exact) mass is 444 g/mol. The van der Waals surface area contributed by atoms with Crippen LogP contribution < -0.4 is 0 Å². The van der Waals surface area contributed by atoms with E-state index in [0.29, 0.717) is 25.7 Å². The maximum atomic E-state index is 12.8. The zero-order valence-corrected chi connectivity index (χ0v) is 16.9. The van der Waals surface area contributed by atoms with Crippen LogP contribution in [-0.2, 0) is 19.1 Å². The summed E-state index contributed by atoms with van der Waals surface area (Å²) in [5.41, 5.74) is -2.13. The number of rotatable bonds is 6. The molecule has 10 heteroatoms. The van der Waals surface area contributed by atoms with E-state index in [2.05, 4.69) is 0 Å². The Bertz CT molecular complexity index is 618. The van der Waals surface area contributed by atoms with Gasteiger partial charge in [0, 0.05) is 0 Å². The van der Waals surface area contributed by atoms with Gasteiger partial charge in [-0.25, -0.2) is 0 Å². The first kappa shape index (κ1) is 23.2. The van der Waals surface area contributed by atoms with Crippen molar-refractivity contribution in [2.24, 2.45) is 34.5 Å². The molecule has 0 aromatic carbocycles. The van der Waals surface area contributed by atoms with Crippen LogP contribution in [0, 0.1) is 34.5 Å². The summed E-state index contributed by atoms with van der Waals surface area (Å²) in [5.74, 6) is -5.09. The molecular weight excluding hydrogens is 418 g/mol. The summed E-state index contributed by atoms with van der Waals surface area (Å²) in [6, 6.07) is 0. The average Bonchev–Trinajstić information content (AvgIpc) is 2.60. The van der Waals surface area contributed by atoms with Gasteiger partial charge in [-0.2, -0.15) is 26.3 Å². The molecule has 0 radical (unpaired) electrons. The SMILES string of the molecule is CC(COC(=O)C12CC3CC(C1)CC(C(=O)OCC(C)C(F)(F)F)(C3)C2)C(F)(F)F. The number of hydrogen-bond acceptors (Lipinski definition) is 4. The second-order valence-corrected chi connectivity index (χ2v) is 9.60. The summed E-state index contributed by atoms with van der Waals surface area (Å²) >= 11 is 0. The van der Waals surface area contributed by atoms with E-state index in [0.717, 1.165) is 20.3 Å². The van der Waals surface area contributed by atoms with E-state index in [4.69, 9.17) is 9.47 Å². The fraction of sp³-hybridized carbons (Fsp3) is 0.900. The molecule has 2 atom stereocenters. The van der Waals surface area contributed by atoms with E-state index in [1.54, 1.807) is 0 Å². The zero-order chi connectivity index (χ0) is 22.5. The molecule has 2 unspecified atom stereocenters. The molecule has 4 nitrogen and oxygen atoms in total. The maximum Gasteiger partial charge on any atom is 0.394 e. The molecule has 0 aliphatic heterocycles. The van der Waals surface area contributed by atoms with Gasteiger partial charge in [0.1, 0.15) is 13.2 Å². The molecule has 4 bridgehead atoms. The third-order valence-electron chi connectivity index (χ3n) is 6.97. The highest BCUT2D eigenvalue weighted by molar-refractivity contribution is 5.83. The Kier molecular flexibility index (Phi) is 5.86. The Morgan fingerprint density at radius 2 is 1.13 bits per heavy atom. The molecule has 0 aromatic rings. The molecule has 0 N–H and O–H groups in total. The van der Waals surface area contributed by atoms with Gasteiger partial charge >= 0.3 is 24.3 Å². The smallest absolute Gasteiger partial charge is 0.394 e. The molecule has 172 valence electrons. The van der Waals surface area contributed by atoms with Gasteiger partial charge in [0.05, 0.1) is 22.7 Å². The van der Waals surface area contributed by atoms with E-state index < -0.39 is 60.2 Å². The van der Waals surface area contributed by atoms with E-state index in [9.17, 15) is 35.9 Å². The van der Waals surface area contributed by atoms with Gasteiger partial charge in [-0.15, -0.1) is 0 Å². The predicted molar refractivity (Wildman–Crippen MR) is 91.9 cm³/mol. The van der Waals surface area contributed by atoms with Crippen molar-refractivity contribution in [1.29, 1.82) is 0 Å². The van der Waals surface area contributed by atoms with Crippen LogP contribution in [0.25, 0.3) is 0 Å². The topological polar surface area (TPSA) is 52.6 Å². The van der Waals surface area contributed by atoms with Crippen molar-refractivity contribution in [3.05, 3.63) is 0 Å².